The average Bonchev–Trinajstić information content (AvgIpc) is 1.96. The number of hydrogen-bond acceptors (Lipinski definition) is 3. The molecule has 1 saturated heterocycles. The number of hydrogen-bond donors (Lipinski definition) is 2. The van der Waals surface area contributed by atoms with Crippen molar-refractivity contribution in [3.05, 3.63) is 0 Å². The smallest absolute Gasteiger partial charge is 0.311 e. The van der Waals surface area contributed by atoms with Gasteiger partial charge in [0.25, 0.3) is 0 Å². The highest BCUT2D eigenvalue weighted by atomic mass is 16.2. The van der Waals surface area contributed by atoms with Crippen LogP contribution in [-0.4, -0.2) is 29.5 Å². The number of urea groups is 1. The van der Waals surface area contributed by atoms with Gasteiger partial charge in [-0.25, -0.2) is 4.79 Å². The number of nitrogens with two attached hydrogens (primary N) is 1. The van der Waals surface area contributed by atoms with E-state index in [9.17, 15) is 9.59 Å². The van der Waals surface area contributed by atoms with Gasteiger partial charge in [-0.05, 0) is 5.92 Å². The van der Waals surface area contributed by atoms with Gasteiger partial charge in [-0.2, -0.15) is 0 Å². The maximum Gasteiger partial charge on any atom is 0.325 e. The summed E-state index contributed by atoms with van der Waals surface area (Å²) in [6.07, 6.45) is -0.276. The topological polar surface area (TPSA) is 75.4 Å². The monoisotopic (exact) mass is 185 g/mol. The van der Waals surface area contributed by atoms with E-state index < -0.39 is 6.17 Å². The molecule has 3 N–H and O–H groups in total. The zero-order valence-corrected chi connectivity index (χ0v) is 7.91. The molecule has 0 aromatic rings. The lowest BCUT2D eigenvalue weighted by Gasteiger charge is -2.33. The van der Waals surface area contributed by atoms with Crippen LogP contribution in [0.15, 0.2) is 0 Å². The molecule has 0 aromatic heterocycles. The number of rotatable bonds is 2. The van der Waals surface area contributed by atoms with Gasteiger partial charge < -0.3 is 10.6 Å². The van der Waals surface area contributed by atoms with Crippen molar-refractivity contribution >= 4 is 11.9 Å². The van der Waals surface area contributed by atoms with Crippen molar-refractivity contribution in [2.75, 3.05) is 6.54 Å². The minimum absolute atomic E-state index is 0.193. The fraction of sp³-hybridized carbons (Fsp3) is 0.750. The summed E-state index contributed by atoms with van der Waals surface area (Å²) >= 11 is 0. The van der Waals surface area contributed by atoms with Crippen molar-refractivity contribution in [2.45, 2.75) is 26.4 Å². The number of imide groups is 1. The van der Waals surface area contributed by atoms with Crippen LogP contribution in [0.2, 0.25) is 0 Å². The molecule has 1 rings (SSSR count). The lowest BCUT2D eigenvalue weighted by atomic mass is 10.1. The molecule has 1 heterocycles. The summed E-state index contributed by atoms with van der Waals surface area (Å²) in [4.78, 5) is 23.6. The van der Waals surface area contributed by atoms with E-state index in [1.807, 2.05) is 13.8 Å². The predicted molar refractivity (Wildman–Crippen MR) is 47.7 cm³/mol. The number of nitrogens with zero attached hydrogens (tertiary/aromatic N) is 1. The standard InChI is InChI=1S/C8H15N3O2/c1-5(2)4-11-6(9)3-7(12)10-8(11)13/h5-6H,3-4,9H2,1-2H3,(H,10,12,13). The molecule has 13 heavy (non-hydrogen) atoms. The van der Waals surface area contributed by atoms with Crippen LogP contribution in [0.5, 0.6) is 0 Å². The maximum absolute atomic E-state index is 11.3. The second-order valence-corrected chi connectivity index (χ2v) is 3.67. The molecule has 0 spiro atoms. The Balaban J connectivity index is 2.61. The van der Waals surface area contributed by atoms with Crippen molar-refractivity contribution in [1.29, 1.82) is 0 Å². The summed E-state index contributed by atoms with van der Waals surface area (Å²) in [7, 11) is 0. The van der Waals surface area contributed by atoms with E-state index in [1.54, 1.807) is 0 Å². The largest absolute Gasteiger partial charge is 0.325 e. The number of carbonyl (C=O) groups is 2. The molecule has 0 saturated carbocycles. The third kappa shape index (κ3) is 2.42. The van der Waals surface area contributed by atoms with E-state index in [2.05, 4.69) is 5.32 Å². The van der Waals surface area contributed by atoms with Crippen molar-refractivity contribution < 1.29 is 9.59 Å². The Hall–Kier alpha value is -1.10. The molecule has 1 fully saturated rings. The van der Waals surface area contributed by atoms with E-state index in [1.165, 1.54) is 4.90 Å². The van der Waals surface area contributed by atoms with Gasteiger partial charge in [-0.3, -0.25) is 10.1 Å². The molecule has 1 unspecified atom stereocenters. The zero-order valence-electron chi connectivity index (χ0n) is 7.91. The number of nitrogens with one attached hydrogen (secondary N) is 1. The highest BCUT2D eigenvalue weighted by Crippen LogP contribution is 2.08. The fourth-order valence-electron chi connectivity index (χ4n) is 1.30. The summed E-state index contributed by atoms with van der Waals surface area (Å²) < 4.78 is 0. The lowest BCUT2D eigenvalue weighted by molar-refractivity contribution is -0.122. The van der Waals surface area contributed by atoms with Crippen LogP contribution in [0.3, 0.4) is 0 Å². The molecule has 3 amide bonds. The normalized spacial score (nSPS) is 23.7. The van der Waals surface area contributed by atoms with Gasteiger partial charge in [0.05, 0.1) is 12.6 Å². The van der Waals surface area contributed by atoms with Crippen molar-refractivity contribution in [2.24, 2.45) is 11.7 Å². The summed E-state index contributed by atoms with van der Waals surface area (Å²) in [6.45, 7) is 4.58. The van der Waals surface area contributed by atoms with Crippen molar-refractivity contribution in [3.63, 3.8) is 0 Å². The summed E-state index contributed by atoms with van der Waals surface area (Å²) in [6, 6.07) is -0.377. The molecule has 0 radical (unpaired) electrons. The van der Waals surface area contributed by atoms with Crippen LogP contribution in [-0.2, 0) is 4.79 Å². The molecular weight excluding hydrogens is 170 g/mol. The van der Waals surface area contributed by atoms with Crippen LogP contribution in [0.25, 0.3) is 0 Å². The molecule has 0 bridgehead atoms. The molecule has 74 valence electrons. The summed E-state index contributed by atoms with van der Waals surface area (Å²) in [5.41, 5.74) is 5.65. The Kier molecular flexibility index (Phi) is 2.87. The Morgan fingerprint density at radius 2 is 2.23 bits per heavy atom. The zero-order chi connectivity index (χ0) is 10.0. The van der Waals surface area contributed by atoms with Crippen molar-refractivity contribution in [1.82, 2.24) is 10.2 Å². The van der Waals surface area contributed by atoms with Crippen LogP contribution in [0, 0.1) is 5.92 Å². The fourth-order valence-corrected chi connectivity index (χ4v) is 1.30. The molecular formula is C8H15N3O2. The average molecular weight is 185 g/mol. The van der Waals surface area contributed by atoms with Gasteiger partial charge in [0.2, 0.25) is 5.91 Å². The first-order chi connectivity index (χ1) is 6.00. The highest BCUT2D eigenvalue weighted by Gasteiger charge is 2.29. The van der Waals surface area contributed by atoms with Gasteiger partial charge in [0.15, 0.2) is 0 Å². The number of amides is 3. The van der Waals surface area contributed by atoms with Crippen molar-refractivity contribution in [3.8, 4) is 0 Å². The van der Waals surface area contributed by atoms with E-state index in [0.717, 1.165) is 0 Å². The quantitative estimate of drug-likeness (QED) is 0.629. The number of carbonyl (C=O) groups excluding carboxylic acids is 2. The molecule has 0 aliphatic carbocycles. The summed E-state index contributed by atoms with van der Waals surface area (Å²) in [5, 5.41) is 2.23. The van der Waals surface area contributed by atoms with E-state index in [4.69, 9.17) is 5.73 Å². The Morgan fingerprint density at radius 3 is 2.69 bits per heavy atom. The van der Waals surface area contributed by atoms with Gasteiger partial charge >= 0.3 is 6.03 Å². The first-order valence-corrected chi connectivity index (χ1v) is 4.36. The Bertz CT molecular complexity index is 227. The maximum atomic E-state index is 11.3. The van der Waals surface area contributed by atoms with Crippen LogP contribution in [0.4, 0.5) is 4.79 Å². The Labute approximate surface area is 77.3 Å². The SMILES string of the molecule is CC(C)CN1C(=O)NC(=O)CC1N. The van der Waals surface area contributed by atoms with Gasteiger partial charge in [-0.15, -0.1) is 0 Å². The molecule has 1 aliphatic heterocycles. The second-order valence-electron chi connectivity index (χ2n) is 3.67. The summed E-state index contributed by atoms with van der Waals surface area (Å²) in [5.74, 6) is 0.0579. The molecule has 5 nitrogen and oxygen atoms in total. The first kappa shape index (κ1) is 9.98. The van der Waals surface area contributed by atoms with Gasteiger partial charge in [0.1, 0.15) is 0 Å². The molecule has 0 aromatic carbocycles. The van der Waals surface area contributed by atoms with E-state index >= 15 is 0 Å². The van der Waals surface area contributed by atoms with Gasteiger partial charge in [-0.1, -0.05) is 13.8 Å². The first-order valence-electron chi connectivity index (χ1n) is 4.36. The Morgan fingerprint density at radius 1 is 1.62 bits per heavy atom. The van der Waals surface area contributed by atoms with Crippen LogP contribution < -0.4 is 11.1 Å². The second kappa shape index (κ2) is 3.74. The lowest BCUT2D eigenvalue weighted by Crippen LogP contribution is -2.59. The van der Waals surface area contributed by atoms with E-state index in [0.29, 0.717) is 12.5 Å². The minimum Gasteiger partial charge on any atom is -0.311 e. The van der Waals surface area contributed by atoms with Crippen LogP contribution in [0.1, 0.15) is 20.3 Å². The van der Waals surface area contributed by atoms with E-state index in [-0.39, 0.29) is 18.4 Å². The minimum atomic E-state index is -0.469. The molecule has 1 atom stereocenters. The predicted octanol–water partition coefficient (Wildman–Crippen LogP) is -0.131. The third-order valence-corrected chi connectivity index (χ3v) is 1.86. The molecule has 5 heteroatoms. The molecule has 1 aliphatic rings. The third-order valence-electron chi connectivity index (χ3n) is 1.86. The highest BCUT2D eigenvalue weighted by molar-refractivity contribution is 5.97. The van der Waals surface area contributed by atoms with Gasteiger partial charge in [0, 0.05) is 6.54 Å². The van der Waals surface area contributed by atoms with Crippen LogP contribution >= 0.6 is 0 Å².